The number of rotatable bonds is 6. The average Bonchev–Trinajstić information content (AvgIpc) is 2.63. The molecule has 3 aromatic carbocycles. The van der Waals surface area contributed by atoms with Gasteiger partial charge in [0.25, 0.3) is 0 Å². The number of hydrogen-bond donors (Lipinski definition) is 0. The van der Waals surface area contributed by atoms with E-state index in [0.29, 0.717) is 6.61 Å². The average molecular weight is 354 g/mol. The van der Waals surface area contributed by atoms with Gasteiger partial charge in [-0.2, -0.15) is 0 Å². The van der Waals surface area contributed by atoms with E-state index in [1.54, 1.807) is 11.8 Å². The van der Waals surface area contributed by atoms with Gasteiger partial charge in [-0.05, 0) is 55.5 Å². The largest absolute Gasteiger partial charge is 0.494 e. The Morgan fingerprint density at radius 1 is 0.875 bits per heavy atom. The van der Waals surface area contributed by atoms with Gasteiger partial charge in [-0.25, -0.2) is 4.21 Å². The topological polar surface area (TPSA) is 26.3 Å². The molecule has 4 heteroatoms. The molecule has 0 saturated carbocycles. The van der Waals surface area contributed by atoms with Crippen molar-refractivity contribution in [3.8, 4) is 5.75 Å². The van der Waals surface area contributed by atoms with Crippen molar-refractivity contribution in [1.29, 1.82) is 0 Å². The van der Waals surface area contributed by atoms with Crippen molar-refractivity contribution in [2.75, 3.05) is 6.61 Å². The fourth-order valence-corrected chi connectivity index (χ4v) is 4.56. The molecule has 0 fully saturated rings. The lowest BCUT2D eigenvalue weighted by molar-refractivity contribution is 0.340. The highest BCUT2D eigenvalue weighted by Crippen LogP contribution is 2.33. The van der Waals surface area contributed by atoms with E-state index < -0.39 is 10.8 Å². The van der Waals surface area contributed by atoms with Gasteiger partial charge in [-0.1, -0.05) is 42.1 Å². The van der Waals surface area contributed by atoms with Gasteiger partial charge in [-0.3, -0.25) is 0 Å². The minimum absolute atomic E-state index is 0.624. The first-order chi connectivity index (χ1) is 11.8. The van der Waals surface area contributed by atoms with E-state index >= 15 is 0 Å². The molecule has 1 atom stereocenters. The second-order valence-electron chi connectivity index (χ2n) is 5.03. The lowest BCUT2D eigenvalue weighted by atomic mass is 10.3. The summed E-state index contributed by atoms with van der Waals surface area (Å²) in [5.41, 5.74) is 0. The van der Waals surface area contributed by atoms with Crippen molar-refractivity contribution < 1.29 is 8.95 Å². The Bertz CT molecular complexity index is 815. The van der Waals surface area contributed by atoms with Crippen molar-refractivity contribution in [3.63, 3.8) is 0 Å². The summed E-state index contributed by atoms with van der Waals surface area (Å²) in [7, 11) is -1.22. The normalized spacial score (nSPS) is 11.9. The maximum atomic E-state index is 13.0. The molecule has 2 nitrogen and oxygen atoms in total. The van der Waals surface area contributed by atoms with E-state index in [2.05, 4.69) is 12.1 Å². The third kappa shape index (κ3) is 4.08. The minimum atomic E-state index is -1.22. The van der Waals surface area contributed by atoms with Crippen LogP contribution in [0.4, 0.5) is 0 Å². The van der Waals surface area contributed by atoms with Gasteiger partial charge in [0.1, 0.15) is 5.75 Å². The van der Waals surface area contributed by atoms with Crippen LogP contribution in [0.1, 0.15) is 6.92 Å². The summed E-state index contributed by atoms with van der Waals surface area (Å²) in [6.45, 7) is 2.57. The lowest BCUT2D eigenvalue weighted by Gasteiger charge is -2.10. The number of ether oxygens (including phenoxy) is 1. The van der Waals surface area contributed by atoms with Crippen molar-refractivity contribution in [2.45, 2.75) is 26.5 Å². The van der Waals surface area contributed by atoms with E-state index in [9.17, 15) is 4.21 Å². The Hall–Kier alpha value is -2.04. The van der Waals surface area contributed by atoms with Crippen molar-refractivity contribution >= 4 is 22.6 Å². The fraction of sp³-hybridized carbons (Fsp3) is 0.100. The molecule has 1 unspecified atom stereocenters. The molecule has 0 amide bonds. The molecular weight excluding hydrogens is 336 g/mol. The van der Waals surface area contributed by atoms with Crippen molar-refractivity contribution in [2.24, 2.45) is 0 Å². The summed E-state index contributed by atoms with van der Waals surface area (Å²) >= 11 is 1.63. The molecule has 0 aliphatic carbocycles. The maximum absolute atomic E-state index is 13.0. The van der Waals surface area contributed by atoms with Crippen LogP contribution in [0.3, 0.4) is 0 Å². The Balaban J connectivity index is 1.87. The summed E-state index contributed by atoms with van der Waals surface area (Å²) in [4.78, 5) is 3.75. The summed E-state index contributed by atoms with van der Waals surface area (Å²) in [6.07, 6.45) is 0. The van der Waals surface area contributed by atoms with E-state index in [0.717, 1.165) is 25.3 Å². The summed E-state index contributed by atoms with van der Waals surface area (Å²) in [5.74, 6) is 0.796. The van der Waals surface area contributed by atoms with Crippen LogP contribution in [-0.4, -0.2) is 10.8 Å². The Morgan fingerprint density at radius 2 is 1.54 bits per heavy atom. The van der Waals surface area contributed by atoms with Crippen molar-refractivity contribution in [1.82, 2.24) is 0 Å². The van der Waals surface area contributed by atoms with Gasteiger partial charge in [0.15, 0.2) is 0 Å². The van der Waals surface area contributed by atoms with Gasteiger partial charge < -0.3 is 4.74 Å². The van der Waals surface area contributed by atoms with Crippen LogP contribution < -0.4 is 4.74 Å². The second kappa shape index (κ2) is 8.18. The molecule has 0 saturated heterocycles. The predicted octanol–water partition coefficient (Wildman–Crippen LogP) is 5.40. The molecule has 0 heterocycles. The quantitative estimate of drug-likeness (QED) is 0.592. The molecule has 0 N–H and O–H groups in total. The minimum Gasteiger partial charge on any atom is -0.494 e. The molecule has 0 radical (unpaired) electrons. The molecule has 3 aromatic rings. The van der Waals surface area contributed by atoms with Gasteiger partial charge in [0.2, 0.25) is 0 Å². The van der Waals surface area contributed by atoms with Gasteiger partial charge in [0.05, 0.1) is 22.3 Å². The molecule has 3 rings (SSSR count). The van der Waals surface area contributed by atoms with Crippen LogP contribution in [0.25, 0.3) is 0 Å². The highest BCUT2D eigenvalue weighted by molar-refractivity contribution is 8.00. The van der Waals surface area contributed by atoms with E-state index in [4.69, 9.17) is 4.74 Å². The highest BCUT2D eigenvalue weighted by Gasteiger charge is 2.13. The van der Waals surface area contributed by atoms with E-state index in [1.807, 2.05) is 73.7 Å². The number of benzene rings is 3. The monoisotopic (exact) mass is 354 g/mol. The predicted molar refractivity (Wildman–Crippen MR) is 99.3 cm³/mol. The van der Waals surface area contributed by atoms with Crippen LogP contribution in [0.2, 0.25) is 0 Å². The summed E-state index contributed by atoms with van der Waals surface area (Å²) < 4.78 is 18.4. The molecule has 0 aliphatic rings. The van der Waals surface area contributed by atoms with Gasteiger partial charge in [-0.15, -0.1) is 0 Å². The Labute approximate surface area is 149 Å². The zero-order valence-corrected chi connectivity index (χ0v) is 15.0. The SMILES string of the molecule is CCOc1ccc(S(=O)c2ccccc2Sc2ccccc2)cc1. The van der Waals surface area contributed by atoms with Crippen LogP contribution >= 0.6 is 11.8 Å². The van der Waals surface area contributed by atoms with Crippen LogP contribution in [0.15, 0.2) is 98.4 Å². The third-order valence-corrected chi connectivity index (χ3v) is 6.04. The third-order valence-electron chi connectivity index (χ3n) is 3.37. The lowest BCUT2D eigenvalue weighted by Crippen LogP contribution is -1.96. The van der Waals surface area contributed by atoms with Crippen molar-refractivity contribution in [3.05, 3.63) is 78.9 Å². The molecule has 0 bridgehead atoms. The molecule has 122 valence electrons. The first-order valence-electron chi connectivity index (χ1n) is 7.74. The van der Waals surface area contributed by atoms with Gasteiger partial charge in [0, 0.05) is 14.7 Å². The molecule has 0 aliphatic heterocycles. The Kier molecular flexibility index (Phi) is 5.72. The second-order valence-corrected chi connectivity index (χ2v) is 7.60. The zero-order chi connectivity index (χ0) is 16.8. The summed E-state index contributed by atoms with van der Waals surface area (Å²) in [5, 5.41) is 0. The fourth-order valence-electron chi connectivity index (χ4n) is 2.26. The first-order valence-corrected chi connectivity index (χ1v) is 9.71. The van der Waals surface area contributed by atoms with Crippen LogP contribution in [0.5, 0.6) is 5.75 Å². The van der Waals surface area contributed by atoms with Crippen LogP contribution in [-0.2, 0) is 10.8 Å². The molecule has 0 aromatic heterocycles. The van der Waals surface area contributed by atoms with E-state index in [1.165, 1.54) is 0 Å². The first kappa shape index (κ1) is 16.8. The van der Waals surface area contributed by atoms with Crippen LogP contribution in [0, 0.1) is 0 Å². The smallest absolute Gasteiger partial charge is 0.119 e. The van der Waals surface area contributed by atoms with Gasteiger partial charge >= 0.3 is 0 Å². The molecular formula is C20H18O2S2. The standard InChI is InChI=1S/C20H18O2S2/c1-2-22-16-12-14-18(15-13-16)24(21)20-11-7-6-10-19(20)23-17-8-4-3-5-9-17/h3-15H,2H2,1H3. The molecule has 24 heavy (non-hydrogen) atoms. The Morgan fingerprint density at radius 3 is 2.25 bits per heavy atom. The number of hydrogen-bond acceptors (Lipinski definition) is 3. The molecule has 0 spiro atoms. The summed E-state index contributed by atoms with van der Waals surface area (Å²) in [6, 6.07) is 25.4. The zero-order valence-electron chi connectivity index (χ0n) is 13.3. The highest BCUT2D eigenvalue weighted by atomic mass is 32.2. The maximum Gasteiger partial charge on any atom is 0.119 e. The van der Waals surface area contributed by atoms with E-state index in [-0.39, 0.29) is 0 Å².